The van der Waals surface area contributed by atoms with Crippen molar-refractivity contribution in [3.63, 3.8) is 0 Å². The minimum Gasteiger partial charge on any atom is -0.454 e. The van der Waals surface area contributed by atoms with E-state index in [1.807, 2.05) is 35.2 Å². The summed E-state index contributed by atoms with van der Waals surface area (Å²) in [5, 5.41) is 8.56. The van der Waals surface area contributed by atoms with E-state index in [4.69, 9.17) is 9.47 Å². The Morgan fingerprint density at radius 3 is 2.34 bits per heavy atom. The number of hydrogen-bond donors (Lipinski definition) is 0. The average Bonchev–Trinajstić information content (AvgIpc) is 3.27. The molecule has 0 spiro atoms. The lowest BCUT2D eigenvalue weighted by Gasteiger charge is -2.34. The van der Waals surface area contributed by atoms with Crippen LogP contribution >= 0.6 is 0 Å². The summed E-state index contributed by atoms with van der Waals surface area (Å²) in [6.07, 6.45) is 0. The van der Waals surface area contributed by atoms with Crippen molar-refractivity contribution in [2.75, 3.05) is 37.9 Å². The molecule has 0 amide bonds. The van der Waals surface area contributed by atoms with Crippen LogP contribution in [0.15, 0.2) is 53.4 Å². The van der Waals surface area contributed by atoms with E-state index in [0.29, 0.717) is 42.2 Å². The van der Waals surface area contributed by atoms with Crippen LogP contribution in [0.2, 0.25) is 0 Å². The van der Waals surface area contributed by atoms with Crippen molar-refractivity contribution in [2.24, 2.45) is 0 Å². The van der Waals surface area contributed by atoms with Crippen LogP contribution < -0.4 is 14.4 Å². The number of sulfonamides is 1. The van der Waals surface area contributed by atoms with Gasteiger partial charge in [0.15, 0.2) is 17.3 Å². The highest BCUT2D eigenvalue weighted by Crippen LogP contribution is 2.35. The molecule has 1 aromatic heterocycles. The molecule has 1 fully saturated rings. The van der Waals surface area contributed by atoms with Gasteiger partial charge in [-0.2, -0.15) is 4.31 Å². The van der Waals surface area contributed by atoms with Gasteiger partial charge in [0.2, 0.25) is 16.8 Å². The van der Waals surface area contributed by atoms with Crippen molar-refractivity contribution in [2.45, 2.75) is 4.90 Å². The summed E-state index contributed by atoms with van der Waals surface area (Å²) in [7, 11) is -4.06. The van der Waals surface area contributed by atoms with Crippen LogP contribution in [0.4, 0.5) is 14.6 Å². The number of nitrogens with zero attached hydrogens (tertiary/aromatic N) is 4. The molecular weight excluding hydrogens is 442 g/mol. The van der Waals surface area contributed by atoms with Gasteiger partial charge in [0.1, 0.15) is 16.5 Å². The predicted octanol–water partition coefficient (Wildman–Crippen LogP) is 2.66. The Morgan fingerprint density at radius 2 is 1.62 bits per heavy atom. The average molecular weight is 460 g/mol. The van der Waals surface area contributed by atoms with Crippen molar-refractivity contribution in [3.05, 3.63) is 60.2 Å². The molecule has 0 saturated carbocycles. The number of ether oxygens (including phenoxy) is 2. The molecule has 3 heterocycles. The Bertz CT molecular complexity index is 1260. The first-order valence-electron chi connectivity index (χ1n) is 9.86. The fourth-order valence-corrected chi connectivity index (χ4v) is 5.15. The maximum Gasteiger partial charge on any atom is 0.246 e. The second-order valence-corrected chi connectivity index (χ2v) is 9.22. The second kappa shape index (κ2) is 7.99. The summed E-state index contributed by atoms with van der Waals surface area (Å²) in [5.74, 6) is 0.0286. The molecule has 8 nitrogen and oxygen atoms in total. The molecule has 32 heavy (non-hydrogen) atoms. The molecule has 166 valence electrons. The Morgan fingerprint density at radius 1 is 0.844 bits per heavy atom. The zero-order valence-electron chi connectivity index (χ0n) is 16.7. The number of halogens is 2. The van der Waals surface area contributed by atoms with Crippen LogP contribution in [-0.4, -0.2) is 55.9 Å². The third-order valence-electron chi connectivity index (χ3n) is 5.39. The van der Waals surface area contributed by atoms with E-state index in [1.165, 1.54) is 4.31 Å². The molecule has 0 radical (unpaired) electrons. The third kappa shape index (κ3) is 3.73. The monoisotopic (exact) mass is 460 g/mol. The second-order valence-electron chi connectivity index (χ2n) is 7.31. The van der Waals surface area contributed by atoms with Gasteiger partial charge in [0, 0.05) is 37.8 Å². The van der Waals surface area contributed by atoms with Crippen LogP contribution in [0, 0.1) is 11.6 Å². The normalized spacial score (nSPS) is 16.4. The molecule has 2 aromatic carbocycles. The molecule has 5 rings (SSSR count). The van der Waals surface area contributed by atoms with Gasteiger partial charge in [0.05, 0.1) is 5.69 Å². The number of fused-ring (bicyclic) bond motifs is 1. The first-order valence-corrected chi connectivity index (χ1v) is 11.3. The van der Waals surface area contributed by atoms with E-state index < -0.39 is 26.6 Å². The quantitative estimate of drug-likeness (QED) is 0.592. The molecule has 2 aliphatic heterocycles. The molecule has 0 bridgehead atoms. The van der Waals surface area contributed by atoms with E-state index in [-0.39, 0.29) is 19.9 Å². The number of anilines is 1. The Labute approximate surface area is 183 Å². The van der Waals surface area contributed by atoms with Crippen LogP contribution in [-0.2, 0) is 10.0 Å². The van der Waals surface area contributed by atoms with Gasteiger partial charge in [-0.15, -0.1) is 10.2 Å². The largest absolute Gasteiger partial charge is 0.454 e. The zero-order chi connectivity index (χ0) is 22.3. The van der Waals surface area contributed by atoms with Crippen molar-refractivity contribution < 1.29 is 26.7 Å². The lowest BCUT2D eigenvalue weighted by molar-refractivity contribution is 0.174. The smallest absolute Gasteiger partial charge is 0.246 e. The number of hydrogen-bond acceptors (Lipinski definition) is 7. The van der Waals surface area contributed by atoms with Gasteiger partial charge >= 0.3 is 0 Å². The summed E-state index contributed by atoms with van der Waals surface area (Å²) in [6.45, 7) is 1.20. The van der Waals surface area contributed by atoms with Gasteiger partial charge in [-0.25, -0.2) is 17.2 Å². The molecule has 11 heteroatoms. The minimum atomic E-state index is -4.06. The van der Waals surface area contributed by atoms with Gasteiger partial charge in [-0.1, -0.05) is 0 Å². The van der Waals surface area contributed by atoms with Crippen molar-refractivity contribution >= 4 is 15.8 Å². The Hall–Kier alpha value is -3.31. The first kappa shape index (κ1) is 20.6. The van der Waals surface area contributed by atoms with Crippen LogP contribution in [0.1, 0.15) is 0 Å². The van der Waals surface area contributed by atoms with Crippen molar-refractivity contribution in [3.8, 4) is 22.8 Å². The van der Waals surface area contributed by atoms with Crippen LogP contribution in [0.5, 0.6) is 11.5 Å². The summed E-state index contributed by atoms with van der Waals surface area (Å²) in [4.78, 5) is 1.38. The van der Waals surface area contributed by atoms with Gasteiger partial charge < -0.3 is 14.4 Å². The number of benzene rings is 2. The highest BCUT2D eigenvalue weighted by molar-refractivity contribution is 7.89. The lowest BCUT2D eigenvalue weighted by atomic mass is 10.1. The van der Waals surface area contributed by atoms with Crippen LogP contribution in [0.25, 0.3) is 11.3 Å². The number of aromatic nitrogens is 2. The van der Waals surface area contributed by atoms with Gasteiger partial charge in [-0.3, -0.25) is 0 Å². The fraction of sp³-hybridized carbons (Fsp3) is 0.238. The highest BCUT2D eigenvalue weighted by Gasteiger charge is 2.31. The van der Waals surface area contributed by atoms with E-state index in [0.717, 1.165) is 17.7 Å². The Balaban J connectivity index is 1.27. The van der Waals surface area contributed by atoms with Gasteiger partial charge in [-0.05, 0) is 42.5 Å². The molecule has 0 unspecified atom stereocenters. The summed E-state index contributed by atoms with van der Waals surface area (Å²) < 4.78 is 64.5. The third-order valence-corrected chi connectivity index (χ3v) is 7.33. The van der Waals surface area contributed by atoms with E-state index in [2.05, 4.69) is 10.2 Å². The molecule has 0 atom stereocenters. The molecule has 3 aromatic rings. The molecular formula is C21H18F2N4O4S. The standard InChI is InChI=1S/C21H18F2N4O4S/c22-15-2-5-20(16(23)12-15)32(28,29)27-9-7-26(8-10-27)21-6-3-17(24-25-21)14-1-4-18-19(11-14)31-13-30-18/h1-6,11-12H,7-10,13H2. The summed E-state index contributed by atoms with van der Waals surface area (Å²) in [5.41, 5.74) is 1.51. The molecule has 1 saturated heterocycles. The fourth-order valence-electron chi connectivity index (χ4n) is 3.68. The molecule has 0 N–H and O–H groups in total. The maximum atomic E-state index is 14.0. The van der Waals surface area contributed by atoms with Gasteiger partial charge in [0.25, 0.3) is 0 Å². The molecule has 0 aliphatic carbocycles. The predicted molar refractivity (Wildman–Crippen MR) is 111 cm³/mol. The zero-order valence-corrected chi connectivity index (χ0v) is 17.6. The van der Waals surface area contributed by atoms with E-state index in [1.54, 1.807) is 0 Å². The number of rotatable bonds is 4. The van der Waals surface area contributed by atoms with E-state index >= 15 is 0 Å². The minimum absolute atomic E-state index is 0.144. The first-order chi connectivity index (χ1) is 15.4. The maximum absolute atomic E-state index is 14.0. The Kier molecular flexibility index (Phi) is 5.14. The molecule has 2 aliphatic rings. The highest BCUT2D eigenvalue weighted by atomic mass is 32.2. The number of piperazine rings is 1. The SMILES string of the molecule is O=S(=O)(c1ccc(F)cc1F)N1CCN(c2ccc(-c3ccc4c(c3)OCO4)nn2)CC1. The summed E-state index contributed by atoms with van der Waals surface area (Å²) >= 11 is 0. The topological polar surface area (TPSA) is 84.9 Å². The van der Waals surface area contributed by atoms with Crippen LogP contribution in [0.3, 0.4) is 0 Å². The summed E-state index contributed by atoms with van der Waals surface area (Å²) in [6, 6.07) is 11.6. The lowest BCUT2D eigenvalue weighted by Crippen LogP contribution is -2.49. The van der Waals surface area contributed by atoms with E-state index in [9.17, 15) is 17.2 Å². The van der Waals surface area contributed by atoms with Crippen molar-refractivity contribution in [1.82, 2.24) is 14.5 Å². The van der Waals surface area contributed by atoms with Crippen molar-refractivity contribution in [1.29, 1.82) is 0 Å².